The van der Waals surface area contributed by atoms with Crippen LogP contribution >= 0.6 is 10.7 Å². The first-order valence-electron chi connectivity index (χ1n) is 5.61. The molecule has 0 unspecified atom stereocenters. The van der Waals surface area contributed by atoms with E-state index in [1.54, 1.807) is 6.07 Å². The van der Waals surface area contributed by atoms with Crippen molar-refractivity contribution in [3.05, 3.63) is 53.3 Å². The van der Waals surface area contributed by atoms with Crippen LogP contribution in [-0.4, -0.2) is 8.42 Å². The van der Waals surface area contributed by atoms with Crippen LogP contribution in [0.4, 0.5) is 4.39 Å². The molecule has 2 rings (SSSR count). The molecule has 0 saturated carbocycles. The van der Waals surface area contributed by atoms with Gasteiger partial charge in [-0.25, -0.2) is 12.8 Å². The number of halogens is 2. The summed E-state index contributed by atoms with van der Waals surface area (Å²) in [6.07, 6.45) is 0. The van der Waals surface area contributed by atoms with Crippen molar-refractivity contribution in [1.29, 1.82) is 0 Å². The van der Waals surface area contributed by atoms with E-state index in [1.807, 2.05) is 26.0 Å². The predicted molar refractivity (Wildman–Crippen MR) is 74.3 cm³/mol. The molecule has 0 bridgehead atoms. The summed E-state index contributed by atoms with van der Waals surface area (Å²) >= 11 is 0. The van der Waals surface area contributed by atoms with E-state index in [9.17, 15) is 12.8 Å². The molecule has 0 amide bonds. The highest BCUT2D eigenvalue weighted by atomic mass is 35.7. The van der Waals surface area contributed by atoms with E-state index in [2.05, 4.69) is 0 Å². The van der Waals surface area contributed by atoms with Crippen LogP contribution in [0.25, 0.3) is 11.1 Å². The second-order valence-electron chi connectivity index (χ2n) is 4.40. The van der Waals surface area contributed by atoms with Gasteiger partial charge in [-0.1, -0.05) is 23.8 Å². The third kappa shape index (κ3) is 2.96. The minimum Gasteiger partial charge on any atom is -0.207 e. The number of rotatable bonds is 2. The maximum Gasteiger partial charge on any atom is 0.261 e. The van der Waals surface area contributed by atoms with Gasteiger partial charge in [-0.15, -0.1) is 0 Å². The van der Waals surface area contributed by atoms with Crippen molar-refractivity contribution in [2.75, 3.05) is 0 Å². The summed E-state index contributed by atoms with van der Waals surface area (Å²) in [5.41, 5.74) is 2.83. The first-order valence-corrected chi connectivity index (χ1v) is 7.92. The van der Waals surface area contributed by atoms with Crippen LogP contribution in [0.1, 0.15) is 11.1 Å². The molecule has 0 radical (unpaired) electrons. The van der Waals surface area contributed by atoms with Gasteiger partial charge in [0.05, 0.1) is 4.90 Å². The molecule has 19 heavy (non-hydrogen) atoms. The van der Waals surface area contributed by atoms with Gasteiger partial charge in [0.2, 0.25) is 0 Å². The zero-order valence-corrected chi connectivity index (χ0v) is 12.0. The molecule has 5 heteroatoms. The molecule has 0 spiro atoms. The predicted octanol–water partition coefficient (Wildman–Crippen LogP) is 4.04. The topological polar surface area (TPSA) is 34.1 Å². The lowest BCUT2D eigenvalue weighted by Gasteiger charge is -2.09. The Morgan fingerprint density at radius 1 is 1.00 bits per heavy atom. The lowest BCUT2D eigenvalue weighted by Crippen LogP contribution is -1.95. The number of hydrogen-bond acceptors (Lipinski definition) is 2. The first kappa shape index (κ1) is 14.0. The monoisotopic (exact) mass is 298 g/mol. The van der Waals surface area contributed by atoms with Gasteiger partial charge in [-0.05, 0) is 43.2 Å². The minimum absolute atomic E-state index is 0.106. The highest BCUT2D eigenvalue weighted by Crippen LogP contribution is 2.29. The Morgan fingerprint density at radius 2 is 1.68 bits per heavy atom. The van der Waals surface area contributed by atoms with Crippen LogP contribution in [0, 0.1) is 19.7 Å². The maximum atomic E-state index is 13.9. The van der Waals surface area contributed by atoms with E-state index in [0.29, 0.717) is 5.56 Å². The van der Waals surface area contributed by atoms with E-state index in [4.69, 9.17) is 10.7 Å². The summed E-state index contributed by atoms with van der Waals surface area (Å²) in [4.78, 5) is -0.106. The third-order valence-electron chi connectivity index (χ3n) is 2.89. The molecule has 2 aromatic carbocycles. The molecule has 2 nitrogen and oxygen atoms in total. The summed E-state index contributed by atoms with van der Waals surface area (Å²) in [6.45, 7) is 3.79. The maximum absolute atomic E-state index is 13.9. The fourth-order valence-corrected chi connectivity index (χ4v) is 2.76. The lowest BCUT2D eigenvalue weighted by atomic mass is 9.98. The van der Waals surface area contributed by atoms with E-state index in [0.717, 1.165) is 23.3 Å². The van der Waals surface area contributed by atoms with Gasteiger partial charge in [0.1, 0.15) is 5.82 Å². The Balaban J connectivity index is 2.68. The molecule has 0 heterocycles. The van der Waals surface area contributed by atoms with E-state index in [1.165, 1.54) is 6.07 Å². The zero-order chi connectivity index (χ0) is 14.2. The Kier molecular flexibility index (Phi) is 3.65. The number of aryl methyl sites for hydroxylation is 2. The summed E-state index contributed by atoms with van der Waals surface area (Å²) in [5.74, 6) is -0.476. The van der Waals surface area contributed by atoms with Crippen molar-refractivity contribution in [2.45, 2.75) is 18.7 Å². The molecule has 0 aliphatic rings. The second kappa shape index (κ2) is 4.94. The normalized spacial score (nSPS) is 11.6. The standard InChI is InChI=1S/C14H12ClFO2S/c1-9-3-5-12(10(2)7-9)13-8-11(19(15,17)18)4-6-14(13)16/h3-8H,1-2H3. The van der Waals surface area contributed by atoms with E-state index < -0.39 is 14.9 Å². The molecule has 2 aromatic rings. The van der Waals surface area contributed by atoms with Crippen molar-refractivity contribution in [3.8, 4) is 11.1 Å². The van der Waals surface area contributed by atoms with Gasteiger partial charge in [0.25, 0.3) is 9.05 Å². The van der Waals surface area contributed by atoms with Crippen LogP contribution in [-0.2, 0) is 9.05 Å². The average molecular weight is 299 g/mol. The highest BCUT2D eigenvalue weighted by molar-refractivity contribution is 8.13. The minimum atomic E-state index is -3.87. The van der Waals surface area contributed by atoms with Gasteiger partial charge in [0, 0.05) is 16.2 Å². The first-order chi connectivity index (χ1) is 8.79. The Morgan fingerprint density at radius 3 is 2.26 bits per heavy atom. The van der Waals surface area contributed by atoms with Gasteiger partial charge in [0.15, 0.2) is 0 Å². The fourth-order valence-electron chi connectivity index (χ4n) is 1.98. The van der Waals surface area contributed by atoms with Crippen LogP contribution in [0.3, 0.4) is 0 Å². The smallest absolute Gasteiger partial charge is 0.207 e. The van der Waals surface area contributed by atoms with Crippen LogP contribution in [0.15, 0.2) is 41.3 Å². The van der Waals surface area contributed by atoms with Crippen molar-refractivity contribution in [2.24, 2.45) is 0 Å². The zero-order valence-electron chi connectivity index (χ0n) is 10.4. The summed E-state index contributed by atoms with van der Waals surface area (Å²) in [6, 6.07) is 9.07. The van der Waals surface area contributed by atoms with Crippen molar-refractivity contribution >= 4 is 19.7 Å². The van der Waals surface area contributed by atoms with Crippen molar-refractivity contribution < 1.29 is 12.8 Å². The van der Waals surface area contributed by atoms with Crippen LogP contribution < -0.4 is 0 Å². The molecule has 0 fully saturated rings. The molecule has 0 aliphatic heterocycles. The SMILES string of the molecule is Cc1ccc(-c2cc(S(=O)(=O)Cl)ccc2F)c(C)c1. The number of benzene rings is 2. The molecule has 0 saturated heterocycles. The Labute approximate surface area is 116 Å². The van der Waals surface area contributed by atoms with Crippen LogP contribution in [0.2, 0.25) is 0 Å². The Hall–Kier alpha value is -1.39. The molecule has 0 aliphatic carbocycles. The Bertz CT molecular complexity index is 739. The van der Waals surface area contributed by atoms with E-state index in [-0.39, 0.29) is 10.5 Å². The van der Waals surface area contributed by atoms with Crippen LogP contribution in [0.5, 0.6) is 0 Å². The molecule has 0 aromatic heterocycles. The van der Waals surface area contributed by atoms with Crippen molar-refractivity contribution in [1.82, 2.24) is 0 Å². The number of hydrogen-bond donors (Lipinski definition) is 0. The highest BCUT2D eigenvalue weighted by Gasteiger charge is 2.15. The van der Waals surface area contributed by atoms with Crippen molar-refractivity contribution in [3.63, 3.8) is 0 Å². The quantitative estimate of drug-likeness (QED) is 0.784. The lowest BCUT2D eigenvalue weighted by molar-refractivity contribution is 0.608. The van der Waals surface area contributed by atoms with Gasteiger partial charge in [-0.3, -0.25) is 0 Å². The van der Waals surface area contributed by atoms with E-state index >= 15 is 0 Å². The molecular formula is C14H12ClFO2S. The largest absolute Gasteiger partial charge is 0.261 e. The molecule has 0 atom stereocenters. The molecular weight excluding hydrogens is 287 g/mol. The fraction of sp³-hybridized carbons (Fsp3) is 0.143. The van der Waals surface area contributed by atoms with Gasteiger partial charge >= 0.3 is 0 Å². The molecule has 0 N–H and O–H groups in total. The molecule has 100 valence electrons. The third-order valence-corrected chi connectivity index (χ3v) is 4.24. The average Bonchev–Trinajstić information content (AvgIpc) is 2.29. The summed E-state index contributed by atoms with van der Waals surface area (Å²) in [5, 5.41) is 0. The van der Waals surface area contributed by atoms with Gasteiger partial charge < -0.3 is 0 Å². The summed E-state index contributed by atoms with van der Waals surface area (Å²) in [7, 11) is 1.42. The second-order valence-corrected chi connectivity index (χ2v) is 6.96. The summed E-state index contributed by atoms with van der Waals surface area (Å²) < 4.78 is 36.5. The van der Waals surface area contributed by atoms with Gasteiger partial charge in [-0.2, -0.15) is 0 Å².